The summed E-state index contributed by atoms with van der Waals surface area (Å²) in [6.07, 6.45) is 13.0. The van der Waals surface area contributed by atoms with E-state index in [1.54, 1.807) is 0 Å². The third kappa shape index (κ3) is 7.29. The first-order chi connectivity index (χ1) is 27.7. The van der Waals surface area contributed by atoms with Gasteiger partial charge in [-0.25, -0.2) is 8.78 Å². The summed E-state index contributed by atoms with van der Waals surface area (Å²) in [6, 6.07) is 13.6. The van der Waals surface area contributed by atoms with Crippen molar-refractivity contribution in [3.05, 3.63) is 77.5 Å². The number of aromatic hydroxyl groups is 1. The number of piperidine rings is 2. The van der Waals surface area contributed by atoms with Crippen LogP contribution < -0.4 is 25.6 Å². The standard InChI is InChI=1S/C43H42F2N8O4/c1-2-31-34(44)12-9-25-17-30(54)18-32(37(25)31)39-38(45)40-33(19-46-39)41(53-21-27-10-11-28(22-53)47-27)51-43(50-40)57-23-29-8-3-4-15-52(29)20-24-6-5-7-26(16-24)48-35-13-14-36(55)49-42(35)56/h1,5-7,9,12,16-19,27-29,35,47-48,54H,3-4,8,10-11,13-15,20-23H2,(H,49,55,56)/t27-,28+,29-,35?/m0/s1. The van der Waals surface area contributed by atoms with Crippen molar-refractivity contribution in [1.29, 1.82) is 0 Å². The highest BCUT2D eigenvalue weighted by Gasteiger charge is 2.35. The highest BCUT2D eigenvalue weighted by atomic mass is 19.1. The molecule has 57 heavy (non-hydrogen) atoms. The monoisotopic (exact) mass is 772 g/mol. The summed E-state index contributed by atoms with van der Waals surface area (Å²) in [7, 11) is 0. The number of likely N-dealkylation sites (tertiary alicyclic amines) is 1. The number of nitrogens with zero attached hydrogens (tertiary/aromatic N) is 5. The van der Waals surface area contributed by atoms with Crippen LogP contribution in [0.4, 0.5) is 20.3 Å². The number of carbonyl (C=O) groups excluding carboxylic acids is 2. The van der Waals surface area contributed by atoms with Gasteiger partial charge in [0.25, 0.3) is 0 Å². The Kier molecular flexibility index (Phi) is 9.80. The molecule has 4 N–H and O–H groups in total. The molecule has 292 valence electrons. The summed E-state index contributed by atoms with van der Waals surface area (Å²) in [5.74, 6) is 0.806. The Hall–Kier alpha value is -5.91. The number of ether oxygens (including phenoxy) is 1. The van der Waals surface area contributed by atoms with Crippen LogP contribution in [-0.4, -0.2) is 87.2 Å². The molecule has 4 aliphatic rings. The van der Waals surface area contributed by atoms with E-state index < -0.39 is 17.7 Å². The van der Waals surface area contributed by atoms with Crippen molar-refractivity contribution in [3.8, 4) is 35.4 Å². The van der Waals surface area contributed by atoms with Gasteiger partial charge >= 0.3 is 6.01 Å². The fraction of sp³-hybridized carbons (Fsp3) is 0.372. The molecule has 4 fully saturated rings. The summed E-state index contributed by atoms with van der Waals surface area (Å²) in [5, 5.41) is 21.1. The summed E-state index contributed by atoms with van der Waals surface area (Å²) in [5.41, 5.74) is 1.83. The fourth-order valence-electron chi connectivity index (χ4n) is 8.89. The number of hydrogen-bond acceptors (Lipinski definition) is 11. The lowest BCUT2D eigenvalue weighted by molar-refractivity contribution is -0.133. The van der Waals surface area contributed by atoms with Crippen molar-refractivity contribution in [1.82, 2.24) is 30.5 Å². The SMILES string of the molecule is C#Cc1c(F)ccc2cc(O)cc(-c3ncc4c(N5C[C@H]6CC[C@@H](C5)N6)nc(OC[C@@H]5CCCCN5Cc5cccc(NC6CCC(=O)NC6=O)c5)nc4c3F)c12. The quantitative estimate of drug-likeness (QED) is 0.113. The minimum absolute atomic E-state index is 0.00172. The fourth-order valence-corrected chi connectivity index (χ4v) is 8.89. The molecule has 14 heteroatoms. The summed E-state index contributed by atoms with van der Waals surface area (Å²) < 4.78 is 38.4. The summed E-state index contributed by atoms with van der Waals surface area (Å²) in [4.78, 5) is 42.6. The zero-order chi connectivity index (χ0) is 39.2. The van der Waals surface area contributed by atoms with E-state index in [9.17, 15) is 19.1 Å². The third-order valence-electron chi connectivity index (χ3n) is 11.7. The van der Waals surface area contributed by atoms with Crippen molar-refractivity contribution < 1.29 is 28.2 Å². The lowest BCUT2D eigenvalue weighted by Gasteiger charge is -2.36. The van der Waals surface area contributed by atoms with Crippen LogP contribution in [0.3, 0.4) is 0 Å². The van der Waals surface area contributed by atoms with Gasteiger partial charge in [0.1, 0.15) is 41.2 Å². The lowest BCUT2D eigenvalue weighted by atomic mass is 9.96. The van der Waals surface area contributed by atoms with E-state index in [4.69, 9.17) is 16.1 Å². The molecule has 2 amide bonds. The van der Waals surface area contributed by atoms with Crippen molar-refractivity contribution in [2.45, 2.75) is 75.7 Å². The minimum atomic E-state index is -0.761. The molecule has 2 aromatic heterocycles. The number of terminal acetylenes is 1. The van der Waals surface area contributed by atoms with Crippen LogP contribution in [0.1, 0.15) is 56.1 Å². The largest absolute Gasteiger partial charge is 0.508 e. The number of halogens is 2. The van der Waals surface area contributed by atoms with Gasteiger partial charge in [-0.15, -0.1) is 6.42 Å². The van der Waals surface area contributed by atoms with Gasteiger partial charge in [-0.05, 0) is 79.9 Å². The number of carbonyl (C=O) groups is 2. The van der Waals surface area contributed by atoms with Gasteiger partial charge in [0.05, 0.1) is 10.9 Å². The predicted molar refractivity (Wildman–Crippen MR) is 212 cm³/mol. The second-order valence-corrected chi connectivity index (χ2v) is 15.5. The van der Waals surface area contributed by atoms with E-state index in [1.165, 1.54) is 30.5 Å². The van der Waals surface area contributed by atoms with E-state index in [0.717, 1.165) is 49.9 Å². The molecule has 0 saturated carbocycles. The molecule has 12 nitrogen and oxygen atoms in total. The molecule has 3 aromatic carbocycles. The predicted octanol–water partition coefficient (Wildman–Crippen LogP) is 5.40. The first-order valence-electron chi connectivity index (χ1n) is 19.6. The topological polar surface area (TPSA) is 145 Å². The number of rotatable bonds is 9. The number of imide groups is 1. The van der Waals surface area contributed by atoms with E-state index >= 15 is 4.39 Å². The lowest BCUT2D eigenvalue weighted by Crippen LogP contribution is -2.51. The number of pyridine rings is 1. The Balaban J connectivity index is 1.02. The summed E-state index contributed by atoms with van der Waals surface area (Å²) >= 11 is 0. The number of fused-ring (bicyclic) bond motifs is 4. The normalized spacial score (nSPS) is 22.4. The van der Waals surface area contributed by atoms with Crippen LogP contribution in [0, 0.1) is 24.0 Å². The second-order valence-electron chi connectivity index (χ2n) is 15.5. The average Bonchev–Trinajstić information content (AvgIpc) is 3.55. The number of hydrogen-bond donors (Lipinski definition) is 4. The number of amides is 2. The van der Waals surface area contributed by atoms with Crippen LogP contribution in [-0.2, 0) is 16.1 Å². The van der Waals surface area contributed by atoms with Gasteiger partial charge in [0.2, 0.25) is 11.8 Å². The minimum Gasteiger partial charge on any atom is -0.508 e. The number of nitrogens with one attached hydrogen (secondary N) is 3. The molecular formula is C43H42F2N8O4. The molecule has 0 aliphatic carbocycles. The Morgan fingerprint density at radius 2 is 1.86 bits per heavy atom. The Labute approximate surface area is 328 Å². The highest BCUT2D eigenvalue weighted by molar-refractivity contribution is 6.03. The number of benzene rings is 3. The molecule has 4 saturated heterocycles. The van der Waals surface area contributed by atoms with Gasteiger partial charge in [-0.3, -0.25) is 24.8 Å². The summed E-state index contributed by atoms with van der Waals surface area (Å²) in [6.45, 7) is 3.14. The van der Waals surface area contributed by atoms with E-state index in [-0.39, 0.29) is 76.0 Å². The maximum absolute atomic E-state index is 17.0. The molecule has 0 radical (unpaired) electrons. The van der Waals surface area contributed by atoms with Crippen LogP contribution in [0.5, 0.6) is 11.8 Å². The highest BCUT2D eigenvalue weighted by Crippen LogP contribution is 2.39. The molecule has 4 aliphatic heterocycles. The molecular weight excluding hydrogens is 731 g/mol. The van der Waals surface area contributed by atoms with Crippen molar-refractivity contribution in [2.24, 2.45) is 0 Å². The average molecular weight is 773 g/mol. The molecule has 0 spiro atoms. The van der Waals surface area contributed by atoms with E-state index in [2.05, 4.69) is 41.6 Å². The van der Waals surface area contributed by atoms with Gasteiger partial charge in [0.15, 0.2) is 5.82 Å². The third-order valence-corrected chi connectivity index (χ3v) is 11.7. The van der Waals surface area contributed by atoms with Crippen LogP contribution in [0.25, 0.3) is 32.9 Å². The Morgan fingerprint density at radius 3 is 2.67 bits per heavy atom. The number of aromatic nitrogens is 3. The number of phenolic OH excluding ortho intramolecular Hbond substituents is 1. The van der Waals surface area contributed by atoms with Crippen LogP contribution in [0.15, 0.2) is 54.7 Å². The maximum Gasteiger partial charge on any atom is 0.319 e. The zero-order valence-corrected chi connectivity index (χ0v) is 31.2. The molecule has 4 atom stereocenters. The van der Waals surface area contributed by atoms with Crippen LogP contribution in [0.2, 0.25) is 0 Å². The second kappa shape index (κ2) is 15.2. The maximum atomic E-state index is 17.0. The van der Waals surface area contributed by atoms with Gasteiger partial charge in [-0.2, -0.15) is 9.97 Å². The molecule has 2 bridgehead atoms. The molecule has 6 heterocycles. The van der Waals surface area contributed by atoms with Crippen molar-refractivity contribution >= 4 is 45.0 Å². The van der Waals surface area contributed by atoms with Crippen molar-refractivity contribution in [2.75, 3.05) is 36.5 Å². The molecule has 5 aromatic rings. The molecule has 9 rings (SSSR count). The Bertz CT molecular complexity index is 2440. The first kappa shape index (κ1) is 36.7. The van der Waals surface area contributed by atoms with Gasteiger partial charge in [0, 0.05) is 67.0 Å². The van der Waals surface area contributed by atoms with Crippen LogP contribution >= 0.6 is 0 Å². The zero-order valence-electron chi connectivity index (χ0n) is 31.2. The number of piperazine rings is 1. The van der Waals surface area contributed by atoms with Crippen molar-refractivity contribution in [3.63, 3.8) is 0 Å². The first-order valence-corrected chi connectivity index (χ1v) is 19.6. The van der Waals surface area contributed by atoms with Gasteiger partial charge < -0.3 is 25.4 Å². The number of phenols is 1. The number of anilines is 2. The van der Waals surface area contributed by atoms with E-state index in [0.29, 0.717) is 49.1 Å². The van der Waals surface area contributed by atoms with Gasteiger partial charge in [-0.1, -0.05) is 30.5 Å². The van der Waals surface area contributed by atoms with E-state index in [1.807, 2.05) is 24.3 Å². The smallest absolute Gasteiger partial charge is 0.319 e. The Morgan fingerprint density at radius 1 is 1.02 bits per heavy atom. The molecule has 1 unspecified atom stereocenters.